The van der Waals surface area contributed by atoms with Gasteiger partial charge in [0.2, 0.25) is 0 Å². The second-order valence-electron chi connectivity index (χ2n) is 2.36. The molecule has 11 heteroatoms. The lowest BCUT2D eigenvalue weighted by atomic mass is 10.3. The summed E-state index contributed by atoms with van der Waals surface area (Å²) in [6.07, 6.45) is 0. The molecule has 0 aliphatic heterocycles. The third-order valence-electron chi connectivity index (χ3n) is 1.31. The van der Waals surface area contributed by atoms with Gasteiger partial charge >= 0.3 is 7.82 Å². The van der Waals surface area contributed by atoms with E-state index in [9.17, 15) is 4.57 Å². The minimum absolute atomic E-state index is 0.122. The summed E-state index contributed by atoms with van der Waals surface area (Å²) >= 11 is 0. The molecule has 1 aromatic carbocycles. The average molecular weight is 256 g/mol. The normalized spacial score (nSPS) is 12.2. The predicted molar refractivity (Wildman–Crippen MR) is 55.1 cm³/mol. The Bertz CT molecular complexity index is 484. The Balaban J connectivity index is 2.86. The third-order valence-corrected chi connectivity index (χ3v) is 2.29. The highest BCUT2D eigenvalue weighted by molar-refractivity contribution is 7.48. The molecule has 0 unspecified atom stereocenters. The summed E-state index contributed by atoms with van der Waals surface area (Å²) in [6, 6.07) is 7.79. The highest BCUT2D eigenvalue weighted by Gasteiger charge is 2.31. The van der Waals surface area contributed by atoms with Crippen molar-refractivity contribution in [2.24, 2.45) is 10.6 Å². The molecular formula is C6H5N6O4P. The fourth-order valence-electron chi connectivity index (χ4n) is 0.781. The Morgan fingerprint density at radius 2 is 1.59 bits per heavy atom. The largest absolute Gasteiger partial charge is 0.659 e. The van der Waals surface area contributed by atoms with E-state index < -0.39 is 7.82 Å². The summed E-state index contributed by atoms with van der Waals surface area (Å²) in [5, 5.41) is 5.15. The van der Waals surface area contributed by atoms with Crippen molar-refractivity contribution in [2.75, 3.05) is 0 Å². The van der Waals surface area contributed by atoms with Gasteiger partial charge in [0.15, 0.2) is 0 Å². The van der Waals surface area contributed by atoms with Crippen LogP contribution in [-0.2, 0) is 13.8 Å². The smallest absolute Gasteiger partial charge is 0.385 e. The van der Waals surface area contributed by atoms with Crippen molar-refractivity contribution in [3.05, 3.63) is 51.2 Å². The molecule has 0 saturated heterocycles. The SMILES string of the molecule is [N-]=[N+]=NOP(=O)(ON=[N+]=[N-])Oc1ccccc1. The first-order valence-electron chi connectivity index (χ1n) is 4.01. The van der Waals surface area contributed by atoms with E-state index in [2.05, 4.69) is 29.6 Å². The van der Waals surface area contributed by atoms with Crippen LogP contribution in [0.4, 0.5) is 0 Å². The van der Waals surface area contributed by atoms with Crippen LogP contribution in [0.5, 0.6) is 5.75 Å². The number of nitrogens with zero attached hydrogens (tertiary/aromatic N) is 6. The summed E-state index contributed by atoms with van der Waals surface area (Å²) in [7, 11) is -4.32. The molecule has 0 aliphatic rings. The molecule has 0 aliphatic carbocycles. The van der Waals surface area contributed by atoms with Gasteiger partial charge in [-0.2, -0.15) is 4.57 Å². The maximum atomic E-state index is 11.7. The van der Waals surface area contributed by atoms with Crippen molar-refractivity contribution in [2.45, 2.75) is 0 Å². The summed E-state index contributed by atoms with van der Waals surface area (Å²) in [6.45, 7) is 0. The van der Waals surface area contributed by atoms with Crippen LogP contribution in [0.3, 0.4) is 0 Å². The van der Waals surface area contributed by atoms with Crippen LogP contribution in [0, 0.1) is 0 Å². The fourth-order valence-corrected chi connectivity index (χ4v) is 1.50. The molecule has 0 radical (unpaired) electrons. The number of benzene rings is 1. The van der Waals surface area contributed by atoms with E-state index >= 15 is 0 Å². The molecular weight excluding hydrogens is 251 g/mol. The Kier molecular flexibility index (Phi) is 4.53. The van der Waals surface area contributed by atoms with Gasteiger partial charge in [0.05, 0.1) is 0 Å². The summed E-state index contributed by atoms with van der Waals surface area (Å²) in [5.74, 6) is 0.122. The minimum atomic E-state index is -4.32. The maximum Gasteiger partial charge on any atom is 0.659 e. The molecule has 1 aromatic rings. The van der Waals surface area contributed by atoms with Crippen molar-refractivity contribution >= 4 is 7.82 Å². The molecule has 1 rings (SSSR count). The first-order valence-corrected chi connectivity index (χ1v) is 5.47. The second kappa shape index (κ2) is 6.14. The predicted octanol–water partition coefficient (Wildman–Crippen LogP) is 3.66. The molecule has 0 aromatic heterocycles. The lowest BCUT2D eigenvalue weighted by Crippen LogP contribution is -1.95. The molecule has 0 amide bonds. The van der Waals surface area contributed by atoms with Gasteiger partial charge in [-0.25, -0.2) is 0 Å². The van der Waals surface area contributed by atoms with E-state index in [1.807, 2.05) is 0 Å². The van der Waals surface area contributed by atoms with Crippen molar-refractivity contribution in [1.29, 1.82) is 0 Å². The van der Waals surface area contributed by atoms with Crippen molar-refractivity contribution in [1.82, 2.24) is 0 Å². The van der Waals surface area contributed by atoms with Crippen LogP contribution in [0.25, 0.3) is 20.9 Å². The molecule has 0 atom stereocenters. The molecule has 88 valence electrons. The Morgan fingerprint density at radius 3 is 2.06 bits per heavy atom. The summed E-state index contributed by atoms with van der Waals surface area (Å²) < 4.78 is 24.8. The summed E-state index contributed by atoms with van der Waals surface area (Å²) in [5.41, 5.74) is 16.0. The number of azide groups is 2. The van der Waals surface area contributed by atoms with Crippen molar-refractivity contribution in [3.8, 4) is 5.75 Å². The lowest BCUT2D eigenvalue weighted by molar-refractivity contribution is 0.159. The van der Waals surface area contributed by atoms with Gasteiger partial charge in [0, 0.05) is 9.82 Å². The molecule has 0 bridgehead atoms. The van der Waals surface area contributed by atoms with Gasteiger partial charge in [-0.3, -0.25) is 0 Å². The first kappa shape index (κ1) is 12.5. The number of hydrogen-bond donors (Lipinski definition) is 0. The topological polar surface area (TPSA) is 142 Å². The van der Waals surface area contributed by atoms with Gasteiger partial charge in [-0.15, -0.1) is 0 Å². The van der Waals surface area contributed by atoms with Crippen LogP contribution in [-0.4, -0.2) is 0 Å². The van der Waals surface area contributed by atoms with E-state index in [4.69, 9.17) is 15.6 Å². The quantitative estimate of drug-likeness (QED) is 0.251. The molecule has 0 N–H and O–H groups in total. The van der Waals surface area contributed by atoms with Crippen LogP contribution < -0.4 is 4.52 Å². The molecule has 10 nitrogen and oxygen atoms in total. The molecule has 0 saturated carbocycles. The molecule has 0 spiro atoms. The highest BCUT2D eigenvalue weighted by atomic mass is 31.2. The first-order chi connectivity index (χ1) is 8.20. The van der Waals surface area contributed by atoms with E-state index in [1.165, 1.54) is 12.1 Å². The zero-order chi connectivity index (χ0) is 12.6. The van der Waals surface area contributed by atoms with Gasteiger partial charge in [-0.05, 0) is 23.2 Å². The molecule has 0 fully saturated rings. The van der Waals surface area contributed by atoms with Crippen molar-refractivity contribution < 1.29 is 18.3 Å². The Labute approximate surface area is 94.5 Å². The minimum Gasteiger partial charge on any atom is -0.385 e. The number of hydrogen-bond acceptors (Lipinski definition) is 6. The standard InChI is InChI=1S/C6H5N6O4P/c7-9-11-15-17(13,16-12-10-8)14-6-4-2-1-3-5-6/h1-5H. The van der Waals surface area contributed by atoms with Gasteiger partial charge in [-0.1, -0.05) is 18.2 Å². The van der Waals surface area contributed by atoms with Crippen LogP contribution in [0.2, 0.25) is 0 Å². The average Bonchev–Trinajstić information content (AvgIpc) is 2.35. The second-order valence-corrected chi connectivity index (χ2v) is 3.76. The molecule has 0 heterocycles. The number of para-hydroxylation sites is 1. The third kappa shape index (κ3) is 4.23. The number of rotatable bonds is 6. The van der Waals surface area contributed by atoms with E-state index in [0.717, 1.165) is 0 Å². The van der Waals surface area contributed by atoms with Crippen LogP contribution >= 0.6 is 7.82 Å². The van der Waals surface area contributed by atoms with E-state index in [-0.39, 0.29) is 5.75 Å². The Hall–Kier alpha value is -2.53. The highest BCUT2D eigenvalue weighted by Crippen LogP contribution is 2.50. The fraction of sp³-hybridized carbons (Fsp3) is 0. The Morgan fingerprint density at radius 1 is 1.06 bits per heavy atom. The lowest BCUT2D eigenvalue weighted by Gasteiger charge is -2.11. The molecule has 17 heavy (non-hydrogen) atoms. The van der Waals surface area contributed by atoms with E-state index in [1.54, 1.807) is 18.2 Å². The summed E-state index contributed by atoms with van der Waals surface area (Å²) in [4.78, 5) is 4.41. The van der Waals surface area contributed by atoms with Gasteiger partial charge in [0.25, 0.3) is 0 Å². The van der Waals surface area contributed by atoms with Crippen molar-refractivity contribution in [3.63, 3.8) is 0 Å². The number of phosphoric acid groups is 1. The zero-order valence-electron chi connectivity index (χ0n) is 8.15. The van der Waals surface area contributed by atoms with Crippen LogP contribution in [0.1, 0.15) is 0 Å². The van der Waals surface area contributed by atoms with Gasteiger partial charge in [0.1, 0.15) is 16.3 Å². The zero-order valence-corrected chi connectivity index (χ0v) is 9.04. The maximum absolute atomic E-state index is 11.7. The monoisotopic (exact) mass is 256 g/mol. The van der Waals surface area contributed by atoms with Gasteiger partial charge < -0.3 is 13.8 Å². The van der Waals surface area contributed by atoms with E-state index in [0.29, 0.717) is 0 Å². The van der Waals surface area contributed by atoms with Crippen LogP contribution in [0.15, 0.2) is 40.9 Å².